The van der Waals surface area contributed by atoms with Gasteiger partial charge in [-0.1, -0.05) is 30.3 Å². The van der Waals surface area contributed by atoms with Crippen molar-refractivity contribution in [1.29, 1.82) is 0 Å². The van der Waals surface area contributed by atoms with E-state index in [0.717, 1.165) is 5.56 Å². The summed E-state index contributed by atoms with van der Waals surface area (Å²) in [6, 6.07) is 11.8. The molecule has 1 aliphatic rings. The van der Waals surface area contributed by atoms with Gasteiger partial charge in [0.15, 0.2) is 0 Å². The zero-order valence-electron chi connectivity index (χ0n) is 13.8. The van der Waals surface area contributed by atoms with E-state index in [4.69, 9.17) is 4.74 Å². The molecule has 0 saturated carbocycles. The molecule has 6 nitrogen and oxygen atoms in total. The lowest BCUT2D eigenvalue weighted by atomic mass is 10.1. The van der Waals surface area contributed by atoms with Crippen LogP contribution in [0.25, 0.3) is 0 Å². The van der Waals surface area contributed by atoms with Crippen LogP contribution in [-0.4, -0.2) is 46.5 Å². The summed E-state index contributed by atoms with van der Waals surface area (Å²) < 4.78 is 6.00. The molecule has 6 heteroatoms. The molecule has 2 heterocycles. The highest BCUT2D eigenvalue weighted by Crippen LogP contribution is 2.25. The minimum atomic E-state index is -0.0654. The van der Waals surface area contributed by atoms with Crippen molar-refractivity contribution in [3.8, 4) is 0 Å². The Bertz CT molecular complexity index is 651. The third-order valence-electron chi connectivity index (χ3n) is 3.97. The first kappa shape index (κ1) is 16.4. The molecule has 1 aromatic heterocycles. The number of nitrogens with one attached hydrogen (secondary N) is 1. The average molecular weight is 326 g/mol. The lowest BCUT2D eigenvalue weighted by Crippen LogP contribution is -2.46. The van der Waals surface area contributed by atoms with Crippen molar-refractivity contribution in [3.05, 3.63) is 54.4 Å². The van der Waals surface area contributed by atoms with Gasteiger partial charge in [0.2, 0.25) is 11.9 Å². The number of aromatic nitrogens is 2. The lowest BCUT2D eigenvalue weighted by molar-refractivity contribution is -0.144. The first-order valence-corrected chi connectivity index (χ1v) is 8.21. The molecule has 0 spiro atoms. The quantitative estimate of drug-likeness (QED) is 0.913. The van der Waals surface area contributed by atoms with Crippen LogP contribution < -0.4 is 5.32 Å². The number of ether oxygens (including phenoxy) is 1. The zero-order valence-corrected chi connectivity index (χ0v) is 13.8. The molecule has 1 fully saturated rings. The fourth-order valence-corrected chi connectivity index (χ4v) is 2.84. The van der Waals surface area contributed by atoms with E-state index in [9.17, 15) is 4.79 Å². The summed E-state index contributed by atoms with van der Waals surface area (Å²) in [5, 5.41) is 3.07. The summed E-state index contributed by atoms with van der Waals surface area (Å²) in [5.74, 6) is 0.664. The number of carbonyl (C=O) groups is 1. The Kier molecular flexibility index (Phi) is 5.38. The van der Waals surface area contributed by atoms with E-state index in [-0.39, 0.29) is 18.1 Å². The molecular formula is C18H22N4O2. The van der Waals surface area contributed by atoms with Gasteiger partial charge in [-0.2, -0.15) is 0 Å². The Morgan fingerprint density at radius 1 is 1.21 bits per heavy atom. The van der Waals surface area contributed by atoms with Crippen molar-refractivity contribution in [2.75, 3.05) is 25.0 Å². The van der Waals surface area contributed by atoms with E-state index in [1.165, 1.54) is 0 Å². The van der Waals surface area contributed by atoms with Crippen LogP contribution in [0.1, 0.15) is 25.0 Å². The summed E-state index contributed by atoms with van der Waals surface area (Å²) >= 11 is 0. The van der Waals surface area contributed by atoms with Gasteiger partial charge in [-0.25, -0.2) is 9.97 Å². The van der Waals surface area contributed by atoms with Gasteiger partial charge in [-0.3, -0.25) is 4.79 Å². The topological polar surface area (TPSA) is 67.4 Å². The number of hydrogen-bond donors (Lipinski definition) is 1. The van der Waals surface area contributed by atoms with Gasteiger partial charge in [0.25, 0.3) is 0 Å². The third-order valence-corrected chi connectivity index (χ3v) is 3.97. The fourth-order valence-electron chi connectivity index (χ4n) is 2.84. The maximum Gasteiger partial charge on any atom is 0.224 e. The maximum atomic E-state index is 12.5. The van der Waals surface area contributed by atoms with Crippen LogP contribution >= 0.6 is 0 Å². The molecule has 3 rings (SSSR count). The number of benzene rings is 1. The second-order valence-electron chi connectivity index (χ2n) is 5.89. The van der Waals surface area contributed by atoms with Gasteiger partial charge in [0, 0.05) is 31.9 Å². The van der Waals surface area contributed by atoms with E-state index in [2.05, 4.69) is 15.3 Å². The predicted octanol–water partition coefficient (Wildman–Crippen LogP) is 2.27. The van der Waals surface area contributed by atoms with Gasteiger partial charge in [0.05, 0.1) is 12.6 Å². The Morgan fingerprint density at radius 3 is 2.71 bits per heavy atom. The van der Waals surface area contributed by atoms with Crippen LogP contribution in [0.15, 0.2) is 48.8 Å². The number of morpholine rings is 1. The van der Waals surface area contributed by atoms with Crippen molar-refractivity contribution in [3.63, 3.8) is 0 Å². The molecule has 1 aliphatic heterocycles. The number of hydrogen-bond acceptors (Lipinski definition) is 5. The highest BCUT2D eigenvalue weighted by molar-refractivity contribution is 5.76. The third kappa shape index (κ3) is 4.29. The molecule has 1 N–H and O–H groups in total. The van der Waals surface area contributed by atoms with Gasteiger partial charge in [0.1, 0.15) is 6.10 Å². The Labute approximate surface area is 141 Å². The average Bonchev–Trinajstić information content (AvgIpc) is 2.63. The monoisotopic (exact) mass is 326 g/mol. The second-order valence-corrected chi connectivity index (χ2v) is 5.89. The van der Waals surface area contributed by atoms with E-state index in [1.54, 1.807) is 18.5 Å². The molecule has 1 saturated heterocycles. The molecule has 24 heavy (non-hydrogen) atoms. The van der Waals surface area contributed by atoms with Crippen LogP contribution in [-0.2, 0) is 9.53 Å². The number of rotatable bonds is 5. The maximum absolute atomic E-state index is 12.5. The Balaban J connectivity index is 1.54. The van der Waals surface area contributed by atoms with Gasteiger partial charge < -0.3 is 15.0 Å². The number of amides is 1. The predicted molar refractivity (Wildman–Crippen MR) is 91.4 cm³/mol. The molecule has 1 aromatic carbocycles. The van der Waals surface area contributed by atoms with Crippen LogP contribution in [0.2, 0.25) is 0 Å². The molecule has 2 atom stereocenters. The van der Waals surface area contributed by atoms with Gasteiger partial charge in [-0.15, -0.1) is 0 Å². The molecule has 0 unspecified atom stereocenters. The summed E-state index contributed by atoms with van der Waals surface area (Å²) in [6.45, 7) is 3.75. The lowest BCUT2D eigenvalue weighted by Gasteiger charge is -2.37. The Hall–Kier alpha value is -2.47. The minimum Gasteiger partial charge on any atom is -0.367 e. The van der Waals surface area contributed by atoms with Crippen molar-refractivity contribution < 1.29 is 9.53 Å². The van der Waals surface area contributed by atoms with Crippen LogP contribution in [0, 0.1) is 0 Å². The summed E-state index contributed by atoms with van der Waals surface area (Å²) in [7, 11) is 0. The van der Waals surface area contributed by atoms with Crippen LogP contribution in [0.5, 0.6) is 0 Å². The molecule has 126 valence electrons. The smallest absolute Gasteiger partial charge is 0.224 e. The van der Waals surface area contributed by atoms with Crippen LogP contribution in [0.4, 0.5) is 5.95 Å². The fraction of sp³-hybridized carbons (Fsp3) is 0.389. The largest absolute Gasteiger partial charge is 0.367 e. The van der Waals surface area contributed by atoms with Crippen molar-refractivity contribution in [2.24, 2.45) is 0 Å². The Morgan fingerprint density at radius 2 is 1.96 bits per heavy atom. The highest BCUT2D eigenvalue weighted by Gasteiger charge is 2.28. The molecule has 2 aromatic rings. The molecular weight excluding hydrogens is 304 g/mol. The van der Waals surface area contributed by atoms with E-state index in [0.29, 0.717) is 32.0 Å². The van der Waals surface area contributed by atoms with Crippen molar-refractivity contribution in [1.82, 2.24) is 14.9 Å². The normalized spacial score (nSPS) is 20.6. The molecule has 0 radical (unpaired) electrons. The van der Waals surface area contributed by atoms with Crippen molar-refractivity contribution in [2.45, 2.75) is 25.6 Å². The SMILES string of the molecule is C[C@@H]1CN(C(=O)CCNc2ncccn2)C[C@H](c2ccccc2)O1. The van der Waals surface area contributed by atoms with Crippen molar-refractivity contribution >= 4 is 11.9 Å². The molecule has 0 aliphatic carbocycles. The standard InChI is InChI=1S/C18H22N4O2/c1-14-12-22(13-16(24-14)15-6-3-2-4-7-15)17(23)8-11-21-18-19-9-5-10-20-18/h2-7,9-10,14,16H,8,11-13H2,1H3,(H,19,20,21)/t14-,16-/m1/s1. The molecule has 0 bridgehead atoms. The number of anilines is 1. The second kappa shape index (κ2) is 7.88. The summed E-state index contributed by atoms with van der Waals surface area (Å²) in [4.78, 5) is 22.6. The minimum absolute atomic E-state index is 0.0262. The first-order chi connectivity index (χ1) is 11.7. The number of carbonyl (C=O) groups excluding carboxylic acids is 1. The van der Waals surface area contributed by atoms with E-state index >= 15 is 0 Å². The summed E-state index contributed by atoms with van der Waals surface area (Å²) in [5.41, 5.74) is 1.11. The van der Waals surface area contributed by atoms with Gasteiger partial charge in [-0.05, 0) is 18.6 Å². The van der Waals surface area contributed by atoms with E-state index < -0.39 is 0 Å². The molecule has 1 amide bonds. The highest BCUT2D eigenvalue weighted by atomic mass is 16.5. The van der Waals surface area contributed by atoms with Crippen LogP contribution in [0.3, 0.4) is 0 Å². The zero-order chi connectivity index (χ0) is 16.8. The first-order valence-electron chi connectivity index (χ1n) is 8.21. The summed E-state index contributed by atoms with van der Waals surface area (Å²) in [6.07, 6.45) is 3.71. The number of nitrogens with zero attached hydrogens (tertiary/aromatic N) is 3. The van der Waals surface area contributed by atoms with Gasteiger partial charge >= 0.3 is 0 Å². The van der Waals surface area contributed by atoms with E-state index in [1.807, 2.05) is 42.2 Å².